The summed E-state index contributed by atoms with van der Waals surface area (Å²) in [4.78, 5) is 24.7. The third-order valence-electron chi connectivity index (χ3n) is 5.17. The van der Waals surface area contributed by atoms with Crippen LogP contribution in [0.4, 0.5) is 5.69 Å². The molecule has 0 radical (unpaired) electrons. The third kappa shape index (κ3) is 3.05. The monoisotopic (exact) mass is 391 g/mol. The van der Waals surface area contributed by atoms with Gasteiger partial charge in [-0.3, -0.25) is 9.20 Å². The van der Waals surface area contributed by atoms with Crippen molar-refractivity contribution in [3.8, 4) is 0 Å². The van der Waals surface area contributed by atoms with Crippen LogP contribution in [0.2, 0.25) is 5.15 Å². The number of fused-ring (bicyclic) bond motifs is 2. The number of nitrogens with zero attached hydrogens (tertiary/aromatic N) is 3. The molecule has 0 atom stereocenters. The largest absolute Gasteiger partial charge is 0.342 e. The van der Waals surface area contributed by atoms with E-state index in [-0.39, 0.29) is 5.91 Å². The maximum absolute atomic E-state index is 12.4. The minimum Gasteiger partial charge on any atom is -0.342 e. The second-order valence-electron chi connectivity index (χ2n) is 7.02. The predicted molar refractivity (Wildman–Crippen MR) is 111 cm³/mol. The second kappa shape index (κ2) is 6.80. The van der Waals surface area contributed by atoms with Crippen LogP contribution in [0.5, 0.6) is 0 Å². The van der Waals surface area contributed by atoms with Crippen molar-refractivity contribution in [1.82, 2.24) is 19.4 Å². The van der Waals surface area contributed by atoms with Crippen molar-refractivity contribution in [3.63, 3.8) is 0 Å². The number of pyridine rings is 1. The predicted octanol–water partition coefficient (Wildman–Crippen LogP) is 4.78. The van der Waals surface area contributed by atoms with Gasteiger partial charge < -0.3 is 10.3 Å². The summed E-state index contributed by atoms with van der Waals surface area (Å²) in [6.45, 7) is 0. The van der Waals surface area contributed by atoms with Gasteiger partial charge in [-0.05, 0) is 49.2 Å². The number of hydrogen-bond donors (Lipinski definition) is 2. The normalized spacial score (nSPS) is 14.8. The molecule has 0 bridgehead atoms. The molecule has 5 rings (SSSR count). The van der Waals surface area contributed by atoms with Crippen LogP contribution in [-0.4, -0.2) is 25.3 Å². The van der Waals surface area contributed by atoms with E-state index in [4.69, 9.17) is 11.6 Å². The van der Waals surface area contributed by atoms with Crippen molar-refractivity contribution < 1.29 is 4.79 Å². The minimum absolute atomic E-state index is 0.236. The lowest BCUT2D eigenvalue weighted by atomic mass is 9.85. The first kappa shape index (κ1) is 17.0. The number of carbonyl (C=O) groups excluding carboxylic acids is 1. The van der Waals surface area contributed by atoms with Crippen LogP contribution in [0.3, 0.4) is 0 Å². The summed E-state index contributed by atoms with van der Waals surface area (Å²) in [5.41, 5.74) is 3.98. The number of aromatic amines is 1. The fraction of sp³-hybridized carbons (Fsp3) is 0.190. The van der Waals surface area contributed by atoms with E-state index in [1.165, 1.54) is 25.3 Å². The molecule has 28 heavy (non-hydrogen) atoms. The molecule has 140 valence electrons. The highest BCUT2D eigenvalue weighted by Gasteiger charge is 2.22. The summed E-state index contributed by atoms with van der Waals surface area (Å²) in [6.07, 6.45) is 8.64. The van der Waals surface area contributed by atoms with E-state index in [1.807, 2.05) is 47.0 Å². The Morgan fingerprint density at radius 1 is 1.25 bits per heavy atom. The topological polar surface area (TPSA) is 75.1 Å². The fourth-order valence-electron chi connectivity index (χ4n) is 3.46. The molecule has 7 heteroatoms. The Morgan fingerprint density at radius 3 is 2.96 bits per heavy atom. The zero-order valence-electron chi connectivity index (χ0n) is 15.0. The molecule has 0 unspecified atom stereocenters. The molecule has 0 saturated heterocycles. The van der Waals surface area contributed by atoms with Crippen molar-refractivity contribution in [2.24, 2.45) is 0 Å². The quantitative estimate of drug-likeness (QED) is 0.491. The number of hydrogen-bond acceptors (Lipinski definition) is 3. The molecule has 3 heterocycles. The van der Waals surface area contributed by atoms with Crippen LogP contribution >= 0.6 is 11.6 Å². The molecule has 0 aliphatic heterocycles. The van der Waals surface area contributed by atoms with Gasteiger partial charge in [-0.2, -0.15) is 0 Å². The van der Waals surface area contributed by atoms with Gasteiger partial charge in [0.25, 0.3) is 0 Å². The Hall–Kier alpha value is -3.12. The second-order valence-corrected chi connectivity index (χ2v) is 7.38. The van der Waals surface area contributed by atoms with Gasteiger partial charge in [0.2, 0.25) is 5.91 Å². The van der Waals surface area contributed by atoms with Crippen molar-refractivity contribution in [1.29, 1.82) is 0 Å². The standard InChI is InChI=1S/C21H18ClN5O/c22-20-17(27-11-2-1-6-18(27)26-20)9-10-19(28)23-14-7-8-15-16(12-14)25-21(24-15)13-4-3-5-13/h1-2,6-13H,3-5H2,(H,23,28)(H,24,25)/b10-9+. The van der Waals surface area contributed by atoms with Crippen molar-refractivity contribution in [3.05, 3.63) is 65.3 Å². The van der Waals surface area contributed by atoms with E-state index in [2.05, 4.69) is 20.3 Å². The molecule has 1 saturated carbocycles. The minimum atomic E-state index is -0.236. The zero-order chi connectivity index (χ0) is 19.1. The van der Waals surface area contributed by atoms with Gasteiger partial charge in [-0.15, -0.1) is 0 Å². The molecule has 1 aliphatic rings. The van der Waals surface area contributed by atoms with Crippen molar-refractivity contribution in [2.75, 3.05) is 5.32 Å². The molecular formula is C21H18ClN5O. The number of H-pyrrole nitrogens is 1. The summed E-state index contributed by atoms with van der Waals surface area (Å²) in [7, 11) is 0. The number of anilines is 1. The number of benzene rings is 1. The van der Waals surface area contributed by atoms with E-state index < -0.39 is 0 Å². The van der Waals surface area contributed by atoms with Gasteiger partial charge in [0, 0.05) is 23.9 Å². The summed E-state index contributed by atoms with van der Waals surface area (Å²) in [6, 6.07) is 11.3. The van der Waals surface area contributed by atoms with Gasteiger partial charge >= 0.3 is 0 Å². The van der Waals surface area contributed by atoms with Crippen LogP contribution in [0.25, 0.3) is 22.8 Å². The van der Waals surface area contributed by atoms with E-state index in [1.54, 1.807) is 6.08 Å². The number of aromatic nitrogens is 4. The van der Waals surface area contributed by atoms with Crippen LogP contribution in [-0.2, 0) is 4.79 Å². The smallest absolute Gasteiger partial charge is 0.248 e. The van der Waals surface area contributed by atoms with Crippen LogP contribution in [0.15, 0.2) is 48.7 Å². The lowest BCUT2D eigenvalue weighted by Crippen LogP contribution is -2.10. The first-order chi connectivity index (χ1) is 13.7. The average Bonchev–Trinajstić information content (AvgIpc) is 3.18. The Labute approximate surface area is 166 Å². The molecule has 2 N–H and O–H groups in total. The number of halogens is 1. The van der Waals surface area contributed by atoms with Gasteiger partial charge in [0.15, 0.2) is 5.15 Å². The third-order valence-corrected chi connectivity index (χ3v) is 5.45. The Morgan fingerprint density at radius 2 is 2.14 bits per heavy atom. The van der Waals surface area contributed by atoms with Gasteiger partial charge in [0.05, 0.1) is 16.7 Å². The highest BCUT2D eigenvalue weighted by atomic mass is 35.5. The van der Waals surface area contributed by atoms with Crippen LogP contribution < -0.4 is 5.32 Å². The highest BCUT2D eigenvalue weighted by molar-refractivity contribution is 6.31. The molecule has 1 amide bonds. The Kier molecular flexibility index (Phi) is 4.13. The molecule has 4 aromatic rings. The van der Waals surface area contributed by atoms with Gasteiger partial charge in [-0.25, -0.2) is 9.97 Å². The van der Waals surface area contributed by atoms with Gasteiger partial charge in [-0.1, -0.05) is 24.1 Å². The van der Waals surface area contributed by atoms with Crippen molar-refractivity contribution >= 4 is 46.0 Å². The molecule has 1 aromatic carbocycles. The summed E-state index contributed by atoms with van der Waals surface area (Å²) >= 11 is 6.20. The molecular weight excluding hydrogens is 374 g/mol. The summed E-state index contributed by atoms with van der Waals surface area (Å²) in [5, 5.41) is 3.24. The molecule has 1 fully saturated rings. The average molecular weight is 392 g/mol. The number of rotatable bonds is 4. The van der Waals surface area contributed by atoms with Crippen LogP contribution in [0.1, 0.15) is 36.7 Å². The molecule has 0 spiro atoms. The van der Waals surface area contributed by atoms with E-state index in [0.29, 0.717) is 16.8 Å². The zero-order valence-corrected chi connectivity index (χ0v) is 15.8. The first-order valence-corrected chi connectivity index (χ1v) is 9.66. The number of imidazole rings is 2. The molecule has 3 aromatic heterocycles. The maximum atomic E-state index is 12.4. The van der Waals surface area contributed by atoms with Gasteiger partial charge in [0.1, 0.15) is 11.5 Å². The summed E-state index contributed by atoms with van der Waals surface area (Å²) in [5.74, 6) is 1.36. The fourth-order valence-corrected chi connectivity index (χ4v) is 3.70. The first-order valence-electron chi connectivity index (χ1n) is 9.29. The SMILES string of the molecule is O=C(/C=C/c1c(Cl)nc2ccccn12)Nc1ccc2nc(C3CCC3)[nH]c2c1. The van der Waals surface area contributed by atoms with E-state index in [0.717, 1.165) is 28.2 Å². The lowest BCUT2D eigenvalue weighted by molar-refractivity contribution is -0.111. The van der Waals surface area contributed by atoms with E-state index >= 15 is 0 Å². The number of amides is 1. The number of carbonyl (C=O) groups is 1. The van der Waals surface area contributed by atoms with Crippen LogP contribution in [0, 0.1) is 0 Å². The van der Waals surface area contributed by atoms with Crippen molar-refractivity contribution in [2.45, 2.75) is 25.2 Å². The highest BCUT2D eigenvalue weighted by Crippen LogP contribution is 2.35. The van der Waals surface area contributed by atoms with E-state index in [9.17, 15) is 4.79 Å². The Balaban J connectivity index is 1.34. The maximum Gasteiger partial charge on any atom is 0.248 e. The Bertz CT molecular complexity index is 1220. The summed E-state index contributed by atoms with van der Waals surface area (Å²) < 4.78 is 1.84. The lowest BCUT2D eigenvalue weighted by Gasteiger charge is -2.22. The number of nitrogens with one attached hydrogen (secondary N) is 2. The molecule has 1 aliphatic carbocycles. The molecule has 6 nitrogen and oxygen atoms in total.